The van der Waals surface area contributed by atoms with Crippen molar-refractivity contribution in [1.29, 1.82) is 0 Å². The fraction of sp³-hybridized carbons (Fsp3) is 0.0714. The molecule has 0 spiro atoms. The quantitative estimate of drug-likeness (QED) is 0.611. The van der Waals surface area contributed by atoms with Crippen LogP contribution in [-0.2, 0) is 6.18 Å². The molecule has 1 radical (unpaired) electrons. The van der Waals surface area contributed by atoms with Gasteiger partial charge in [-0.15, -0.1) is 0 Å². The first-order valence-corrected chi connectivity index (χ1v) is 5.33. The first-order chi connectivity index (χ1) is 8.98. The molecular formula is C14H8F3O2. The lowest BCUT2D eigenvalue weighted by Crippen LogP contribution is -2.16. The Hall–Kier alpha value is -2.30. The SMILES string of the molecule is O=C(Oc1cc[c]cc1)c1ccccc1C(F)(F)F. The highest BCUT2D eigenvalue weighted by Crippen LogP contribution is 2.32. The van der Waals surface area contributed by atoms with E-state index in [0.717, 1.165) is 12.1 Å². The average Bonchev–Trinajstić information content (AvgIpc) is 2.39. The molecule has 0 aliphatic heterocycles. The Bertz CT molecular complexity index is 577. The van der Waals surface area contributed by atoms with Crippen LogP contribution in [0, 0.1) is 6.07 Å². The van der Waals surface area contributed by atoms with Crippen molar-refractivity contribution in [3.05, 3.63) is 65.7 Å². The van der Waals surface area contributed by atoms with E-state index in [2.05, 4.69) is 6.07 Å². The molecule has 2 rings (SSSR count). The van der Waals surface area contributed by atoms with E-state index in [4.69, 9.17) is 4.74 Å². The lowest BCUT2D eigenvalue weighted by molar-refractivity contribution is -0.138. The van der Waals surface area contributed by atoms with Crippen molar-refractivity contribution in [2.24, 2.45) is 0 Å². The van der Waals surface area contributed by atoms with Crippen molar-refractivity contribution in [3.8, 4) is 5.75 Å². The molecule has 0 aliphatic carbocycles. The van der Waals surface area contributed by atoms with Crippen LogP contribution in [0.15, 0.2) is 48.5 Å². The van der Waals surface area contributed by atoms with E-state index in [9.17, 15) is 18.0 Å². The second-order valence-electron chi connectivity index (χ2n) is 3.67. The molecule has 0 fully saturated rings. The van der Waals surface area contributed by atoms with Crippen LogP contribution in [0.1, 0.15) is 15.9 Å². The van der Waals surface area contributed by atoms with E-state index in [-0.39, 0.29) is 5.75 Å². The number of alkyl halides is 3. The predicted octanol–water partition coefficient (Wildman–Crippen LogP) is 3.72. The number of esters is 1. The molecule has 0 saturated carbocycles. The van der Waals surface area contributed by atoms with Crippen LogP contribution in [0.3, 0.4) is 0 Å². The highest BCUT2D eigenvalue weighted by Gasteiger charge is 2.35. The van der Waals surface area contributed by atoms with E-state index < -0.39 is 23.3 Å². The summed E-state index contributed by atoms with van der Waals surface area (Å²) < 4.78 is 43.1. The molecule has 0 heterocycles. The van der Waals surface area contributed by atoms with Gasteiger partial charge in [0.05, 0.1) is 11.1 Å². The van der Waals surface area contributed by atoms with Crippen LogP contribution < -0.4 is 4.74 Å². The molecule has 2 aromatic rings. The number of carbonyl (C=O) groups is 1. The van der Waals surface area contributed by atoms with Gasteiger partial charge < -0.3 is 4.74 Å². The summed E-state index contributed by atoms with van der Waals surface area (Å²) >= 11 is 0. The molecular weight excluding hydrogens is 257 g/mol. The summed E-state index contributed by atoms with van der Waals surface area (Å²) in [4.78, 5) is 11.7. The van der Waals surface area contributed by atoms with Crippen molar-refractivity contribution in [2.75, 3.05) is 0 Å². The maximum atomic E-state index is 12.7. The molecule has 0 aromatic heterocycles. The molecule has 97 valence electrons. The Balaban J connectivity index is 2.30. The smallest absolute Gasteiger partial charge is 0.417 e. The fourth-order valence-electron chi connectivity index (χ4n) is 1.51. The molecule has 2 aromatic carbocycles. The zero-order valence-electron chi connectivity index (χ0n) is 9.57. The molecule has 19 heavy (non-hydrogen) atoms. The van der Waals surface area contributed by atoms with E-state index in [1.54, 1.807) is 0 Å². The topological polar surface area (TPSA) is 26.3 Å². The standard InChI is InChI=1S/C14H8F3O2/c15-14(16,17)12-9-5-4-8-11(12)13(18)19-10-6-2-1-3-7-10/h2-9H. The summed E-state index contributed by atoms with van der Waals surface area (Å²) in [6.45, 7) is 0. The van der Waals surface area contributed by atoms with Crippen LogP contribution >= 0.6 is 0 Å². The highest BCUT2D eigenvalue weighted by atomic mass is 19.4. The molecule has 5 heteroatoms. The van der Waals surface area contributed by atoms with Crippen LogP contribution in [-0.4, -0.2) is 5.97 Å². The van der Waals surface area contributed by atoms with Crippen molar-refractivity contribution in [2.45, 2.75) is 6.18 Å². The molecule has 2 nitrogen and oxygen atoms in total. The third kappa shape index (κ3) is 3.13. The van der Waals surface area contributed by atoms with Gasteiger partial charge >= 0.3 is 12.1 Å². The van der Waals surface area contributed by atoms with Gasteiger partial charge in [-0.1, -0.05) is 24.3 Å². The molecule has 0 aliphatic rings. The van der Waals surface area contributed by atoms with E-state index in [1.807, 2.05) is 0 Å². The average molecular weight is 265 g/mol. The predicted molar refractivity (Wildman–Crippen MR) is 61.7 cm³/mol. The van der Waals surface area contributed by atoms with Crippen LogP contribution in [0.2, 0.25) is 0 Å². The Kier molecular flexibility index (Phi) is 3.55. The Labute approximate surface area is 107 Å². The van der Waals surface area contributed by atoms with Gasteiger partial charge in [0.1, 0.15) is 5.75 Å². The third-order valence-corrected chi connectivity index (χ3v) is 2.35. The minimum atomic E-state index is -4.60. The molecule has 0 N–H and O–H groups in total. The van der Waals surface area contributed by atoms with Crippen molar-refractivity contribution >= 4 is 5.97 Å². The van der Waals surface area contributed by atoms with Crippen LogP contribution in [0.5, 0.6) is 5.75 Å². The van der Waals surface area contributed by atoms with Gasteiger partial charge in [0.15, 0.2) is 0 Å². The second-order valence-corrected chi connectivity index (χ2v) is 3.67. The number of carbonyl (C=O) groups excluding carboxylic acids is 1. The number of rotatable bonds is 2. The second kappa shape index (κ2) is 5.14. The monoisotopic (exact) mass is 265 g/mol. The van der Waals surface area contributed by atoms with E-state index in [1.165, 1.54) is 36.4 Å². The minimum absolute atomic E-state index is 0.167. The van der Waals surface area contributed by atoms with E-state index in [0.29, 0.717) is 0 Å². The molecule has 0 atom stereocenters. The maximum Gasteiger partial charge on any atom is 0.417 e. The summed E-state index contributed by atoms with van der Waals surface area (Å²) in [5.74, 6) is -0.875. The van der Waals surface area contributed by atoms with Gasteiger partial charge in [0, 0.05) is 0 Å². The summed E-state index contributed by atoms with van der Waals surface area (Å²) in [5.41, 5.74) is -1.52. The zero-order valence-corrected chi connectivity index (χ0v) is 9.57. The number of benzene rings is 2. The van der Waals surface area contributed by atoms with Crippen molar-refractivity contribution in [1.82, 2.24) is 0 Å². The highest BCUT2D eigenvalue weighted by molar-refractivity contribution is 5.92. The van der Waals surface area contributed by atoms with Gasteiger partial charge in [0.25, 0.3) is 0 Å². The third-order valence-electron chi connectivity index (χ3n) is 2.35. The molecule has 0 unspecified atom stereocenters. The van der Waals surface area contributed by atoms with Crippen LogP contribution in [0.25, 0.3) is 0 Å². The summed E-state index contributed by atoms with van der Waals surface area (Å²) in [6, 6.07) is 13.1. The normalized spacial score (nSPS) is 11.1. The lowest BCUT2D eigenvalue weighted by atomic mass is 10.1. The fourth-order valence-corrected chi connectivity index (χ4v) is 1.51. The van der Waals surface area contributed by atoms with Gasteiger partial charge in [0.2, 0.25) is 0 Å². The Morgan fingerprint density at radius 2 is 1.68 bits per heavy atom. The Morgan fingerprint density at radius 1 is 1.05 bits per heavy atom. The number of hydrogen-bond donors (Lipinski definition) is 0. The summed E-state index contributed by atoms with van der Waals surface area (Å²) in [6.07, 6.45) is -4.60. The van der Waals surface area contributed by atoms with Gasteiger partial charge in [-0.25, -0.2) is 4.79 Å². The summed E-state index contributed by atoms with van der Waals surface area (Å²) in [5, 5.41) is 0. The largest absolute Gasteiger partial charge is 0.423 e. The van der Waals surface area contributed by atoms with Crippen molar-refractivity contribution < 1.29 is 22.7 Å². The van der Waals surface area contributed by atoms with Crippen LogP contribution in [0.4, 0.5) is 13.2 Å². The van der Waals surface area contributed by atoms with E-state index >= 15 is 0 Å². The molecule has 0 amide bonds. The lowest BCUT2D eigenvalue weighted by Gasteiger charge is -2.11. The maximum absolute atomic E-state index is 12.7. The van der Waals surface area contributed by atoms with Crippen molar-refractivity contribution in [3.63, 3.8) is 0 Å². The number of ether oxygens (including phenoxy) is 1. The van der Waals surface area contributed by atoms with Gasteiger partial charge in [-0.3, -0.25) is 0 Å². The summed E-state index contributed by atoms with van der Waals surface area (Å²) in [7, 11) is 0. The molecule has 0 bridgehead atoms. The molecule has 0 saturated heterocycles. The van der Waals surface area contributed by atoms with Gasteiger partial charge in [-0.2, -0.15) is 13.2 Å². The number of hydrogen-bond acceptors (Lipinski definition) is 2. The first-order valence-electron chi connectivity index (χ1n) is 5.33. The number of halogens is 3. The minimum Gasteiger partial charge on any atom is -0.423 e. The zero-order chi connectivity index (χ0) is 13.9. The Morgan fingerprint density at radius 3 is 2.32 bits per heavy atom. The van der Waals surface area contributed by atoms with Gasteiger partial charge in [-0.05, 0) is 30.3 Å². The first kappa shape index (κ1) is 13.1.